The van der Waals surface area contributed by atoms with E-state index < -0.39 is 0 Å². The van der Waals surface area contributed by atoms with Crippen LogP contribution in [0.5, 0.6) is 0 Å². The van der Waals surface area contributed by atoms with Crippen molar-refractivity contribution in [1.29, 1.82) is 0 Å². The second-order valence-electron chi connectivity index (χ2n) is 5.83. The summed E-state index contributed by atoms with van der Waals surface area (Å²) in [7, 11) is 0. The van der Waals surface area contributed by atoms with Crippen LogP contribution in [0.25, 0.3) is 0 Å². The van der Waals surface area contributed by atoms with Gasteiger partial charge in [-0.3, -0.25) is 4.79 Å². The molecule has 0 unspecified atom stereocenters. The maximum atomic E-state index is 12.7. The molecule has 1 amide bonds. The zero-order chi connectivity index (χ0) is 15.9. The molecule has 1 aliphatic rings. The molecule has 0 aliphatic carbocycles. The number of aryl methyl sites for hydroxylation is 3. The number of carbonyl (C=O) groups is 1. The second kappa shape index (κ2) is 5.72. The molecule has 2 heterocycles. The van der Waals surface area contributed by atoms with Crippen molar-refractivity contribution in [2.45, 2.75) is 33.1 Å². The number of hydrogen-bond donors (Lipinski definition) is 0. The van der Waals surface area contributed by atoms with Crippen molar-refractivity contribution in [2.75, 3.05) is 13.1 Å². The summed E-state index contributed by atoms with van der Waals surface area (Å²) in [5.41, 5.74) is 2.71. The van der Waals surface area contributed by atoms with Gasteiger partial charge in [0, 0.05) is 13.1 Å². The van der Waals surface area contributed by atoms with Crippen LogP contribution in [0, 0.1) is 20.8 Å². The topological polar surface area (TPSA) is 59.2 Å². The van der Waals surface area contributed by atoms with Crippen LogP contribution in [0.2, 0.25) is 5.02 Å². The number of likely N-dealkylation sites (tertiary alicyclic amines) is 1. The first-order chi connectivity index (χ1) is 10.5. The maximum Gasteiger partial charge on any atom is 0.255 e. The third kappa shape index (κ3) is 2.73. The van der Waals surface area contributed by atoms with Gasteiger partial charge in [0.25, 0.3) is 5.91 Å². The molecule has 1 saturated heterocycles. The molecule has 0 bridgehead atoms. The number of carbonyl (C=O) groups excluding carboxylic acids is 1. The number of benzene rings is 1. The van der Waals surface area contributed by atoms with Crippen LogP contribution in [0.1, 0.15) is 45.5 Å². The SMILES string of the molecule is Cc1noc([C@H]2CCN(C(=O)c3cc(C)c(C)cc3Cl)C2)n1. The average Bonchev–Trinajstić information content (AvgIpc) is 3.10. The molecule has 116 valence electrons. The Morgan fingerprint density at radius 3 is 2.73 bits per heavy atom. The van der Waals surface area contributed by atoms with E-state index in [0.717, 1.165) is 17.5 Å². The van der Waals surface area contributed by atoms with E-state index >= 15 is 0 Å². The van der Waals surface area contributed by atoms with Crippen molar-refractivity contribution in [1.82, 2.24) is 15.0 Å². The van der Waals surface area contributed by atoms with Gasteiger partial charge in [0.1, 0.15) is 0 Å². The van der Waals surface area contributed by atoms with Gasteiger partial charge in [-0.05, 0) is 50.5 Å². The molecule has 0 N–H and O–H groups in total. The lowest BCUT2D eigenvalue weighted by molar-refractivity contribution is 0.0789. The van der Waals surface area contributed by atoms with Gasteiger partial charge >= 0.3 is 0 Å². The Morgan fingerprint density at radius 1 is 1.32 bits per heavy atom. The summed E-state index contributed by atoms with van der Waals surface area (Å²) in [6, 6.07) is 3.71. The predicted molar refractivity (Wildman–Crippen MR) is 83.2 cm³/mol. The molecule has 22 heavy (non-hydrogen) atoms. The molecule has 0 saturated carbocycles. The van der Waals surface area contributed by atoms with Crippen LogP contribution in [-0.2, 0) is 0 Å². The first kappa shape index (κ1) is 15.0. The van der Waals surface area contributed by atoms with E-state index in [1.807, 2.05) is 26.0 Å². The molecule has 1 aromatic heterocycles. The summed E-state index contributed by atoms with van der Waals surface area (Å²) in [6.07, 6.45) is 0.829. The number of amides is 1. The van der Waals surface area contributed by atoms with Gasteiger partial charge in [-0.15, -0.1) is 0 Å². The van der Waals surface area contributed by atoms with Gasteiger partial charge in [-0.2, -0.15) is 4.98 Å². The molecular formula is C16H18ClN3O2. The summed E-state index contributed by atoms with van der Waals surface area (Å²) < 4.78 is 5.22. The van der Waals surface area contributed by atoms with Crippen LogP contribution in [0.4, 0.5) is 0 Å². The highest BCUT2D eigenvalue weighted by atomic mass is 35.5. The zero-order valence-electron chi connectivity index (χ0n) is 12.9. The number of aromatic nitrogens is 2. The lowest BCUT2D eigenvalue weighted by atomic mass is 10.1. The van der Waals surface area contributed by atoms with Crippen LogP contribution < -0.4 is 0 Å². The van der Waals surface area contributed by atoms with Crippen molar-refractivity contribution in [2.24, 2.45) is 0 Å². The number of halogens is 1. The smallest absolute Gasteiger partial charge is 0.255 e. The molecule has 1 aliphatic heterocycles. The summed E-state index contributed by atoms with van der Waals surface area (Å²) in [5, 5.41) is 4.32. The number of nitrogens with zero attached hydrogens (tertiary/aromatic N) is 3. The molecule has 1 fully saturated rings. The Morgan fingerprint density at radius 2 is 2.05 bits per heavy atom. The van der Waals surface area contributed by atoms with Crippen molar-refractivity contribution >= 4 is 17.5 Å². The average molecular weight is 320 g/mol. The van der Waals surface area contributed by atoms with Gasteiger partial charge in [0.15, 0.2) is 5.82 Å². The maximum absolute atomic E-state index is 12.7. The first-order valence-corrected chi connectivity index (χ1v) is 7.69. The van der Waals surface area contributed by atoms with E-state index in [0.29, 0.717) is 35.4 Å². The third-order valence-electron chi connectivity index (χ3n) is 4.18. The first-order valence-electron chi connectivity index (χ1n) is 7.32. The molecule has 0 radical (unpaired) electrons. The van der Waals surface area contributed by atoms with Gasteiger partial charge in [0.05, 0.1) is 16.5 Å². The number of hydrogen-bond acceptors (Lipinski definition) is 4. The van der Waals surface area contributed by atoms with Crippen molar-refractivity contribution in [3.8, 4) is 0 Å². The van der Waals surface area contributed by atoms with Crippen LogP contribution in [-0.4, -0.2) is 34.0 Å². The fourth-order valence-electron chi connectivity index (χ4n) is 2.74. The highest BCUT2D eigenvalue weighted by Gasteiger charge is 2.32. The Kier molecular flexibility index (Phi) is 3.91. The van der Waals surface area contributed by atoms with E-state index in [2.05, 4.69) is 10.1 Å². The molecule has 0 spiro atoms. The van der Waals surface area contributed by atoms with E-state index in [4.69, 9.17) is 16.1 Å². The molecule has 3 rings (SSSR count). The Hall–Kier alpha value is -1.88. The minimum Gasteiger partial charge on any atom is -0.339 e. The van der Waals surface area contributed by atoms with E-state index in [9.17, 15) is 4.79 Å². The quantitative estimate of drug-likeness (QED) is 0.852. The van der Waals surface area contributed by atoms with E-state index in [1.165, 1.54) is 0 Å². The second-order valence-corrected chi connectivity index (χ2v) is 6.24. The molecule has 5 nitrogen and oxygen atoms in total. The Labute approximate surface area is 134 Å². The predicted octanol–water partition coefficient (Wildman–Crippen LogP) is 3.28. The zero-order valence-corrected chi connectivity index (χ0v) is 13.6. The molecule has 1 aromatic carbocycles. The summed E-state index contributed by atoms with van der Waals surface area (Å²) >= 11 is 6.24. The van der Waals surface area contributed by atoms with Crippen LogP contribution in [0.15, 0.2) is 16.7 Å². The van der Waals surface area contributed by atoms with Crippen LogP contribution >= 0.6 is 11.6 Å². The lowest BCUT2D eigenvalue weighted by Gasteiger charge is -2.17. The monoisotopic (exact) mass is 319 g/mol. The largest absolute Gasteiger partial charge is 0.339 e. The fourth-order valence-corrected chi connectivity index (χ4v) is 3.04. The van der Waals surface area contributed by atoms with E-state index in [-0.39, 0.29) is 11.8 Å². The highest BCUT2D eigenvalue weighted by Crippen LogP contribution is 2.29. The fraction of sp³-hybridized carbons (Fsp3) is 0.438. The van der Waals surface area contributed by atoms with E-state index in [1.54, 1.807) is 11.8 Å². The molecular weight excluding hydrogens is 302 g/mol. The highest BCUT2D eigenvalue weighted by molar-refractivity contribution is 6.34. The summed E-state index contributed by atoms with van der Waals surface area (Å²) in [5.74, 6) is 1.30. The molecule has 1 atom stereocenters. The van der Waals surface area contributed by atoms with Crippen molar-refractivity contribution in [3.05, 3.63) is 45.6 Å². The van der Waals surface area contributed by atoms with Gasteiger partial charge in [-0.25, -0.2) is 0 Å². The van der Waals surface area contributed by atoms with Crippen molar-refractivity contribution < 1.29 is 9.32 Å². The molecule has 2 aromatic rings. The normalized spacial score (nSPS) is 18.0. The lowest BCUT2D eigenvalue weighted by Crippen LogP contribution is -2.28. The summed E-state index contributed by atoms with van der Waals surface area (Å²) in [6.45, 7) is 7.02. The van der Waals surface area contributed by atoms with Gasteiger partial charge in [0.2, 0.25) is 5.89 Å². The van der Waals surface area contributed by atoms with Gasteiger partial charge < -0.3 is 9.42 Å². The minimum atomic E-state index is -0.0353. The Balaban J connectivity index is 1.78. The third-order valence-corrected chi connectivity index (χ3v) is 4.49. The molecule has 6 heteroatoms. The standard InChI is InChI=1S/C16H18ClN3O2/c1-9-6-13(14(17)7-10(9)2)16(21)20-5-4-12(8-20)15-18-11(3)19-22-15/h6-7,12H,4-5,8H2,1-3H3/t12-/m0/s1. The van der Waals surface area contributed by atoms with Gasteiger partial charge in [-0.1, -0.05) is 16.8 Å². The number of rotatable bonds is 2. The van der Waals surface area contributed by atoms with Crippen LogP contribution in [0.3, 0.4) is 0 Å². The van der Waals surface area contributed by atoms with Crippen molar-refractivity contribution in [3.63, 3.8) is 0 Å². The summed E-state index contributed by atoms with van der Waals surface area (Å²) in [4.78, 5) is 18.8. The minimum absolute atomic E-state index is 0.0353. The Bertz CT molecular complexity index is 726.